The van der Waals surface area contributed by atoms with Crippen molar-refractivity contribution < 1.29 is 14.3 Å². The molecule has 0 spiro atoms. The Hall–Kier alpha value is -2.92. The van der Waals surface area contributed by atoms with Crippen molar-refractivity contribution in [3.05, 3.63) is 45.8 Å². The molecule has 0 aliphatic carbocycles. The summed E-state index contributed by atoms with van der Waals surface area (Å²) in [5.41, 5.74) is 2.49. The van der Waals surface area contributed by atoms with Gasteiger partial charge in [-0.25, -0.2) is 9.97 Å². The maximum atomic E-state index is 13.0. The van der Waals surface area contributed by atoms with Crippen molar-refractivity contribution in [1.82, 2.24) is 15.0 Å². The number of hydrogen-bond acceptors (Lipinski definition) is 6. The molecular weight excluding hydrogens is 400 g/mol. The summed E-state index contributed by atoms with van der Waals surface area (Å²) in [5.74, 6) is -0.127. The Labute approximate surface area is 157 Å². The zero-order chi connectivity index (χ0) is 18.3. The van der Waals surface area contributed by atoms with E-state index in [1.807, 2.05) is 19.1 Å². The summed E-state index contributed by atoms with van der Waals surface area (Å²) < 4.78 is 11.7. The lowest BCUT2D eigenvalue weighted by molar-refractivity contribution is 0.0975. The molecule has 2 aromatic heterocycles. The number of fused-ring (bicyclic) bond motifs is 2. The smallest absolute Gasteiger partial charge is 0.187 e. The quantitative estimate of drug-likeness (QED) is 0.662. The molecule has 1 N–H and O–H groups in total. The number of nitrogens with zero attached hydrogens (tertiary/aromatic N) is 3. The van der Waals surface area contributed by atoms with Gasteiger partial charge in [0, 0.05) is 11.8 Å². The van der Waals surface area contributed by atoms with E-state index in [-0.39, 0.29) is 11.6 Å². The second-order valence-corrected chi connectivity index (χ2v) is 6.71. The Bertz CT molecular complexity index is 1070. The van der Waals surface area contributed by atoms with Crippen molar-refractivity contribution >= 4 is 32.9 Å². The van der Waals surface area contributed by atoms with Gasteiger partial charge in [-0.15, -0.1) is 0 Å². The molecule has 0 amide bonds. The lowest BCUT2D eigenvalue weighted by atomic mass is 9.98. The van der Waals surface area contributed by atoms with E-state index in [0.29, 0.717) is 40.4 Å². The summed E-state index contributed by atoms with van der Waals surface area (Å²) in [6.07, 6.45) is 1.64. The Morgan fingerprint density at radius 3 is 2.96 bits per heavy atom. The zero-order valence-electron chi connectivity index (χ0n) is 13.7. The van der Waals surface area contributed by atoms with Crippen LogP contribution in [0.15, 0.2) is 28.9 Å². The minimum atomic E-state index is -1.07. The Morgan fingerprint density at radius 1 is 1.38 bits per heavy atom. The van der Waals surface area contributed by atoms with Crippen molar-refractivity contribution in [2.75, 3.05) is 13.2 Å². The first-order chi connectivity index (χ1) is 12.6. The van der Waals surface area contributed by atoms with E-state index < -0.39 is 5.92 Å². The molecule has 1 aliphatic rings. The Kier molecular flexibility index (Phi) is 4.09. The highest BCUT2D eigenvalue weighted by molar-refractivity contribution is 9.10. The number of aromatic nitrogens is 3. The SMILES string of the molecule is Cc1ccnc2nc(C(C#N)C(=O)c3cc(Br)c4c(c3)OCCO4)[nH]c12. The predicted molar refractivity (Wildman–Crippen MR) is 96.4 cm³/mol. The molecule has 26 heavy (non-hydrogen) atoms. The number of carbonyl (C=O) groups is 1. The van der Waals surface area contributed by atoms with E-state index in [9.17, 15) is 10.1 Å². The fourth-order valence-corrected chi connectivity index (χ4v) is 3.41. The van der Waals surface area contributed by atoms with Crippen LogP contribution >= 0.6 is 15.9 Å². The number of pyridine rings is 1. The molecule has 7 nitrogen and oxygen atoms in total. The predicted octanol–water partition coefficient (Wildman–Crippen LogP) is 3.29. The molecule has 0 radical (unpaired) electrons. The summed E-state index contributed by atoms with van der Waals surface area (Å²) in [7, 11) is 0. The number of rotatable bonds is 3. The van der Waals surface area contributed by atoms with Crippen LogP contribution in [0.25, 0.3) is 11.2 Å². The standard InChI is InChI=1S/C18H13BrN4O3/c1-9-2-3-21-18-14(9)22-17(23-18)11(8-20)15(24)10-6-12(19)16-13(7-10)25-4-5-26-16/h2-3,6-7,11H,4-5H2,1H3,(H,21,22,23). The molecule has 0 saturated carbocycles. The fourth-order valence-electron chi connectivity index (χ4n) is 2.85. The maximum absolute atomic E-state index is 13.0. The van der Waals surface area contributed by atoms with Crippen molar-refractivity contribution in [3.8, 4) is 17.6 Å². The van der Waals surface area contributed by atoms with Crippen LogP contribution in [0.4, 0.5) is 0 Å². The van der Waals surface area contributed by atoms with Crippen LogP contribution in [0.2, 0.25) is 0 Å². The van der Waals surface area contributed by atoms with Crippen LogP contribution in [0.5, 0.6) is 11.5 Å². The van der Waals surface area contributed by atoms with E-state index >= 15 is 0 Å². The zero-order valence-corrected chi connectivity index (χ0v) is 15.3. The minimum absolute atomic E-state index is 0.278. The third kappa shape index (κ3) is 2.70. The van der Waals surface area contributed by atoms with Gasteiger partial charge >= 0.3 is 0 Å². The largest absolute Gasteiger partial charge is 0.486 e. The average Bonchev–Trinajstić information content (AvgIpc) is 3.07. The second-order valence-electron chi connectivity index (χ2n) is 5.86. The maximum Gasteiger partial charge on any atom is 0.187 e. The summed E-state index contributed by atoms with van der Waals surface area (Å²) in [5, 5.41) is 9.59. The van der Waals surface area contributed by atoms with E-state index in [2.05, 4.69) is 30.9 Å². The molecule has 8 heteroatoms. The van der Waals surface area contributed by atoms with Gasteiger partial charge in [-0.3, -0.25) is 4.79 Å². The highest BCUT2D eigenvalue weighted by Crippen LogP contribution is 2.39. The normalized spacial score (nSPS) is 14.0. The number of aromatic amines is 1. The molecule has 1 atom stereocenters. The van der Waals surface area contributed by atoms with Crippen LogP contribution in [-0.4, -0.2) is 33.9 Å². The van der Waals surface area contributed by atoms with Crippen LogP contribution in [0, 0.1) is 18.3 Å². The Balaban J connectivity index is 1.75. The summed E-state index contributed by atoms with van der Waals surface area (Å²) in [4.78, 5) is 24.5. The van der Waals surface area contributed by atoms with Gasteiger partial charge in [0.25, 0.3) is 0 Å². The number of ether oxygens (including phenoxy) is 2. The number of hydrogen-bond donors (Lipinski definition) is 1. The van der Waals surface area contributed by atoms with Crippen LogP contribution < -0.4 is 9.47 Å². The van der Waals surface area contributed by atoms with Crippen molar-refractivity contribution in [3.63, 3.8) is 0 Å². The number of carbonyl (C=O) groups excluding carboxylic acids is 1. The van der Waals surface area contributed by atoms with Gasteiger partial charge in [-0.05, 0) is 46.6 Å². The van der Waals surface area contributed by atoms with Crippen LogP contribution in [0.3, 0.4) is 0 Å². The number of halogens is 1. The summed E-state index contributed by atoms with van der Waals surface area (Å²) in [6, 6.07) is 7.10. The number of benzene rings is 1. The average molecular weight is 413 g/mol. The number of Topliss-reactive ketones (excluding diaryl/α,β-unsaturated/α-hetero) is 1. The van der Waals surface area contributed by atoms with Gasteiger partial charge < -0.3 is 14.5 Å². The van der Waals surface area contributed by atoms with Crippen molar-refractivity contribution in [2.24, 2.45) is 0 Å². The first kappa shape index (κ1) is 16.5. The number of H-pyrrole nitrogens is 1. The number of imidazole rings is 1. The topological polar surface area (TPSA) is 101 Å². The van der Waals surface area contributed by atoms with Gasteiger partial charge in [0.2, 0.25) is 0 Å². The number of nitrogens with one attached hydrogen (secondary N) is 1. The van der Waals surface area contributed by atoms with Crippen molar-refractivity contribution in [1.29, 1.82) is 5.26 Å². The van der Waals surface area contributed by atoms with E-state index in [0.717, 1.165) is 11.1 Å². The monoisotopic (exact) mass is 412 g/mol. The minimum Gasteiger partial charge on any atom is -0.486 e. The first-order valence-corrected chi connectivity index (χ1v) is 8.72. The van der Waals surface area contributed by atoms with Crippen molar-refractivity contribution in [2.45, 2.75) is 12.8 Å². The number of nitriles is 1. The summed E-state index contributed by atoms with van der Waals surface area (Å²) in [6.45, 7) is 2.77. The lowest BCUT2D eigenvalue weighted by Gasteiger charge is -2.20. The number of aryl methyl sites for hydroxylation is 1. The summed E-state index contributed by atoms with van der Waals surface area (Å²) >= 11 is 3.39. The van der Waals surface area contributed by atoms with E-state index in [4.69, 9.17) is 9.47 Å². The molecule has 0 saturated heterocycles. The molecule has 0 bridgehead atoms. The molecule has 0 fully saturated rings. The molecule has 3 heterocycles. The van der Waals surface area contributed by atoms with Gasteiger partial charge in [0.05, 0.1) is 16.1 Å². The van der Waals surface area contributed by atoms with Crippen LogP contribution in [-0.2, 0) is 0 Å². The molecule has 130 valence electrons. The molecule has 4 rings (SSSR count). The van der Waals surface area contributed by atoms with Gasteiger partial charge in [0.15, 0.2) is 28.8 Å². The number of ketones is 1. The third-order valence-electron chi connectivity index (χ3n) is 4.16. The van der Waals surface area contributed by atoms with Gasteiger partial charge in [-0.2, -0.15) is 5.26 Å². The molecule has 3 aromatic rings. The van der Waals surface area contributed by atoms with Gasteiger partial charge in [0.1, 0.15) is 19.0 Å². The first-order valence-electron chi connectivity index (χ1n) is 7.92. The highest BCUT2D eigenvalue weighted by Gasteiger charge is 2.28. The van der Waals surface area contributed by atoms with Crippen LogP contribution in [0.1, 0.15) is 27.7 Å². The molecular formula is C18H13BrN4O3. The highest BCUT2D eigenvalue weighted by atomic mass is 79.9. The molecule has 1 aromatic carbocycles. The Morgan fingerprint density at radius 2 is 2.19 bits per heavy atom. The molecule has 1 unspecified atom stereocenters. The second kappa shape index (κ2) is 6.42. The lowest BCUT2D eigenvalue weighted by Crippen LogP contribution is -2.18. The van der Waals surface area contributed by atoms with E-state index in [1.54, 1.807) is 18.3 Å². The third-order valence-corrected chi connectivity index (χ3v) is 4.75. The molecule has 1 aliphatic heterocycles. The van der Waals surface area contributed by atoms with E-state index in [1.165, 1.54) is 0 Å². The van der Waals surface area contributed by atoms with Gasteiger partial charge in [-0.1, -0.05) is 0 Å². The fraction of sp³-hybridized carbons (Fsp3) is 0.222.